The average Bonchev–Trinajstić information content (AvgIpc) is 3.06. The standard InChI is InChI=1S/C20H21N5OS/c1-14(2)8-11-24-15(13-27-19-21-9-5-10-22-19)12-18(26)25-17-7-4-3-6-16(17)23-20(24)25/h3-7,9-10,12,14H,8,11,13H2,1-2H3. The molecule has 0 aliphatic rings. The highest BCUT2D eigenvalue weighted by molar-refractivity contribution is 7.98. The van der Waals surface area contributed by atoms with Gasteiger partial charge in [-0.15, -0.1) is 0 Å². The summed E-state index contributed by atoms with van der Waals surface area (Å²) >= 11 is 1.53. The molecule has 0 saturated carbocycles. The summed E-state index contributed by atoms with van der Waals surface area (Å²) < 4.78 is 3.88. The van der Waals surface area contributed by atoms with Crippen molar-refractivity contribution in [2.75, 3.05) is 0 Å². The molecule has 0 saturated heterocycles. The first-order valence-electron chi connectivity index (χ1n) is 9.03. The molecule has 7 heteroatoms. The lowest BCUT2D eigenvalue weighted by atomic mass is 10.1. The molecule has 4 rings (SSSR count). The molecule has 0 bridgehead atoms. The van der Waals surface area contributed by atoms with Crippen LogP contribution >= 0.6 is 11.8 Å². The molecule has 0 atom stereocenters. The summed E-state index contributed by atoms with van der Waals surface area (Å²) in [7, 11) is 0. The van der Waals surface area contributed by atoms with Crippen LogP contribution in [0.5, 0.6) is 0 Å². The zero-order chi connectivity index (χ0) is 18.8. The predicted octanol–water partition coefficient (Wildman–Crippen LogP) is 3.78. The van der Waals surface area contributed by atoms with Crippen molar-refractivity contribution >= 4 is 28.6 Å². The number of aromatic nitrogens is 5. The van der Waals surface area contributed by atoms with Gasteiger partial charge in [0.15, 0.2) is 5.16 Å². The van der Waals surface area contributed by atoms with Crippen LogP contribution in [0, 0.1) is 5.92 Å². The number of fused-ring (bicyclic) bond motifs is 3. The molecule has 0 N–H and O–H groups in total. The first kappa shape index (κ1) is 17.7. The molecule has 0 aliphatic heterocycles. The van der Waals surface area contributed by atoms with Gasteiger partial charge in [-0.2, -0.15) is 0 Å². The molecular weight excluding hydrogens is 358 g/mol. The van der Waals surface area contributed by atoms with E-state index in [9.17, 15) is 4.79 Å². The third-order valence-electron chi connectivity index (χ3n) is 4.46. The molecule has 4 aromatic rings. The van der Waals surface area contributed by atoms with E-state index < -0.39 is 0 Å². The van der Waals surface area contributed by atoms with Gasteiger partial charge in [0.1, 0.15) is 0 Å². The summed E-state index contributed by atoms with van der Waals surface area (Å²) in [6, 6.07) is 11.3. The third kappa shape index (κ3) is 3.60. The number of rotatable bonds is 6. The van der Waals surface area contributed by atoms with Gasteiger partial charge in [-0.25, -0.2) is 19.4 Å². The van der Waals surface area contributed by atoms with Crippen molar-refractivity contribution in [3.05, 3.63) is 64.8 Å². The Morgan fingerprint density at radius 1 is 1.11 bits per heavy atom. The summed E-state index contributed by atoms with van der Waals surface area (Å²) in [6.45, 7) is 5.22. The van der Waals surface area contributed by atoms with Gasteiger partial charge >= 0.3 is 0 Å². The number of imidazole rings is 1. The van der Waals surface area contributed by atoms with Crippen molar-refractivity contribution in [3.63, 3.8) is 0 Å². The van der Waals surface area contributed by atoms with Crippen molar-refractivity contribution in [2.45, 2.75) is 37.7 Å². The smallest absolute Gasteiger partial charge is 0.259 e. The third-order valence-corrected chi connectivity index (χ3v) is 5.37. The first-order chi connectivity index (χ1) is 13.1. The number of hydrogen-bond donors (Lipinski definition) is 0. The maximum absolute atomic E-state index is 12.8. The van der Waals surface area contributed by atoms with E-state index in [0.717, 1.165) is 29.7 Å². The van der Waals surface area contributed by atoms with Crippen LogP contribution < -0.4 is 5.56 Å². The number of para-hydroxylation sites is 2. The van der Waals surface area contributed by atoms with E-state index in [4.69, 9.17) is 4.98 Å². The van der Waals surface area contributed by atoms with Crippen LogP contribution in [0.15, 0.2) is 58.7 Å². The number of hydrogen-bond acceptors (Lipinski definition) is 5. The zero-order valence-electron chi connectivity index (χ0n) is 15.4. The van der Waals surface area contributed by atoms with E-state index in [1.807, 2.05) is 24.3 Å². The zero-order valence-corrected chi connectivity index (χ0v) is 16.2. The predicted molar refractivity (Wildman–Crippen MR) is 108 cm³/mol. The summed E-state index contributed by atoms with van der Waals surface area (Å²) in [6.07, 6.45) is 4.47. The van der Waals surface area contributed by atoms with Crippen LogP contribution in [-0.2, 0) is 12.3 Å². The molecule has 0 spiro atoms. The second-order valence-corrected chi connectivity index (χ2v) is 7.81. The van der Waals surface area contributed by atoms with Crippen LogP contribution in [0.4, 0.5) is 0 Å². The Morgan fingerprint density at radius 3 is 2.67 bits per heavy atom. The minimum atomic E-state index is -0.0518. The van der Waals surface area contributed by atoms with Crippen LogP contribution in [0.2, 0.25) is 0 Å². The van der Waals surface area contributed by atoms with E-state index in [2.05, 4.69) is 28.4 Å². The van der Waals surface area contributed by atoms with Gasteiger partial charge in [0.25, 0.3) is 5.56 Å². The van der Waals surface area contributed by atoms with Crippen LogP contribution in [-0.4, -0.2) is 23.9 Å². The van der Waals surface area contributed by atoms with Gasteiger partial charge in [0, 0.05) is 36.5 Å². The van der Waals surface area contributed by atoms with E-state index in [0.29, 0.717) is 22.6 Å². The Labute approximate surface area is 161 Å². The lowest BCUT2D eigenvalue weighted by molar-refractivity contribution is 0.511. The van der Waals surface area contributed by atoms with Gasteiger partial charge in [-0.1, -0.05) is 37.7 Å². The maximum atomic E-state index is 12.8. The van der Waals surface area contributed by atoms with Crippen LogP contribution in [0.3, 0.4) is 0 Å². The normalized spacial score (nSPS) is 11.7. The average molecular weight is 379 g/mol. The van der Waals surface area contributed by atoms with Gasteiger partial charge in [0.05, 0.1) is 11.0 Å². The molecule has 0 aliphatic carbocycles. The quantitative estimate of drug-likeness (QED) is 0.377. The fraction of sp³-hybridized carbons (Fsp3) is 0.300. The lowest BCUT2D eigenvalue weighted by Gasteiger charge is -2.15. The Kier molecular flexibility index (Phi) is 4.94. The van der Waals surface area contributed by atoms with E-state index in [1.54, 1.807) is 28.9 Å². The summed E-state index contributed by atoms with van der Waals surface area (Å²) in [5, 5.41) is 0.703. The monoisotopic (exact) mass is 379 g/mol. The van der Waals surface area contributed by atoms with Crippen molar-refractivity contribution in [3.8, 4) is 0 Å². The molecule has 0 unspecified atom stereocenters. The number of nitrogens with zero attached hydrogens (tertiary/aromatic N) is 5. The SMILES string of the molecule is CC(C)CCn1c(CSc2ncccn2)cc(=O)n2c3ccccc3nc12. The largest absolute Gasteiger partial charge is 0.314 e. The van der Waals surface area contributed by atoms with Gasteiger partial charge in [0.2, 0.25) is 5.78 Å². The van der Waals surface area contributed by atoms with Gasteiger partial charge in [-0.05, 0) is 30.5 Å². The Balaban J connectivity index is 1.82. The molecular formula is C20H21N5OS. The molecule has 0 amide bonds. The minimum absolute atomic E-state index is 0.0518. The van der Waals surface area contributed by atoms with E-state index in [-0.39, 0.29) is 5.56 Å². The number of aryl methyl sites for hydroxylation is 1. The van der Waals surface area contributed by atoms with E-state index in [1.165, 1.54) is 11.8 Å². The Bertz CT molecular complexity index is 1130. The van der Waals surface area contributed by atoms with Gasteiger partial charge < -0.3 is 4.57 Å². The fourth-order valence-electron chi connectivity index (χ4n) is 3.07. The van der Waals surface area contributed by atoms with Crippen molar-refractivity contribution in [1.29, 1.82) is 0 Å². The highest BCUT2D eigenvalue weighted by Crippen LogP contribution is 2.22. The fourth-order valence-corrected chi connectivity index (χ4v) is 3.86. The molecule has 0 fully saturated rings. The molecule has 138 valence electrons. The highest BCUT2D eigenvalue weighted by atomic mass is 32.2. The second-order valence-electron chi connectivity index (χ2n) is 6.86. The lowest BCUT2D eigenvalue weighted by Crippen LogP contribution is -2.21. The van der Waals surface area contributed by atoms with Crippen molar-refractivity contribution in [2.24, 2.45) is 5.92 Å². The van der Waals surface area contributed by atoms with Gasteiger partial charge in [-0.3, -0.25) is 4.79 Å². The van der Waals surface area contributed by atoms with Crippen LogP contribution in [0.25, 0.3) is 16.8 Å². The number of thioether (sulfide) groups is 1. The van der Waals surface area contributed by atoms with E-state index >= 15 is 0 Å². The molecule has 27 heavy (non-hydrogen) atoms. The Morgan fingerprint density at radius 2 is 1.89 bits per heavy atom. The first-order valence-corrected chi connectivity index (χ1v) is 10.0. The van der Waals surface area contributed by atoms with Crippen LogP contribution in [0.1, 0.15) is 26.0 Å². The molecule has 0 radical (unpaired) electrons. The summed E-state index contributed by atoms with van der Waals surface area (Å²) in [5.41, 5.74) is 2.58. The minimum Gasteiger partial charge on any atom is -0.314 e. The van der Waals surface area contributed by atoms with Crippen molar-refractivity contribution in [1.82, 2.24) is 23.9 Å². The number of benzene rings is 1. The topological polar surface area (TPSA) is 65.1 Å². The summed E-state index contributed by atoms with van der Waals surface area (Å²) in [4.78, 5) is 26.1. The highest BCUT2D eigenvalue weighted by Gasteiger charge is 2.15. The maximum Gasteiger partial charge on any atom is 0.259 e. The Hall–Kier alpha value is -2.67. The molecule has 3 heterocycles. The molecule has 3 aromatic heterocycles. The second kappa shape index (κ2) is 7.52. The summed E-state index contributed by atoms with van der Waals surface area (Å²) in [5.74, 6) is 1.89. The van der Waals surface area contributed by atoms with Crippen molar-refractivity contribution < 1.29 is 0 Å². The molecule has 1 aromatic carbocycles. The molecule has 6 nitrogen and oxygen atoms in total.